The summed E-state index contributed by atoms with van der Waals surface area (Å²) in [5, 5.41) is 0. The number of hydrogen-bond acceptors (Lipinski definition) is 2. The summed E-state index contributed by atoms with van der Waals surface area (Å²) in [5.74, 6) is 0. The van der Waals surface area contributed by atoms with Crippen LogP contribution in [0.25, 0.3) is 0 Å². The highest BCUT2D eigenvalue weighted by Gasteiger charge is 2.11. The molecule has 0 heterocycles. The molecule has 0 amide bonds. The highest BCUT2D eigenvalue weighted by atomic mass is 79.9. The first-order valence-corrected chi connectivity index (χ1v) is 6.62. The van der Waals surface area contributed by atoms with Crippen molar-refractivity contribution in [1.82, 2.24) is 4.90 Å². The van der Waals surface area contributed by atoms with Crippen LogP contribution in [0.1, 0.15) is 32.8 Å². The largest absolute Gasteiger partial charge is 0.398 e. The third-order valence-electron chi connectivity index (χ3n) is 2.72. The van der Waals surface area contributed by atoms with Gasteiger partial charge in [-0.1, -0.05) is 19.1 Å². The summed E-state index contributed by atoms with van der Waals surface area (Å²) in [6.07, 6.45) is 1.18. The number of nitrogens with two attached hydrogens (primary N) is 1. The molecule has 0 aliphatic carbocycles. The van der Waals surface area contributed by atoms with Crippen molar-refractivity contribution in [1.29, 1.82) is 0 Å². The fraction of sp³-hybridized carbons (Fsp3) is 0.538. The molecule has 0 radical (unpaired) electrons. The van der Waals surface area contributed by atoms with Crippen LogP contribution in [0.4, 0.5) is 5.69 Å². The van der Waals surface area contributed by atoms with E-state index in [-0.39, 0.29) is 0 Å². The maximum absolute atomic E-state index is 5.88. The summed E-state index contributed by atoms with van der Waals surface area (Å²) >= 11 is 3.56. The van der Waals surface area contributed by atoms with E-state index in [2.05, 4.69) is 47.7 Å². The van der Waals surface area contributed by atoms with Crippen LogP contribution in [0.2, 0.25) is 0 Å². The normalized spacial score (nSPS) is 11.4. The molecule has 0 atom stereocenters. The first kappa shape index (κ1) is 13.5. The van der Waals surface area contributed by atoms with Gasteiger partial charge >= 0.3 is 0 Å². The van der Waals surface area contributed by atoms with Crippen LogP contribution >= 0.6 is 15.9 Å². The summed E-state index contributed by atoms with van der Waals surface area (Å²) in [7, 11) is 0. The van der Waals surface area contributed by atoms with E-state index in [1.54, 1.807) is 0 Å². The molecule has 0 aliphatic heterocycles. The average Bonchev–Trinajstić information content (AvgIpc) is 2.23. The van der Waals surface area contributed by atoms with Crippen molar-refractivity contribution in [2.75, 3.05) is 12.3 Å². The number of nitrogens with zero attached hydrogens (tertiary/aromatic N) is 1. The number of halogens is 1. The zero-order valence-corrected chi connectivity index (χ0v) is 11.9. The monoisotopic (exact) mass is 284 g/mol. The minimum Gasteiger partial charge on any atom is -0.398 e. The second-order valence-corrected chi connectivity index (χ2v) is 5.18. The lowest BCUT2D eigenvalue weighted by atomic mass is 10.1. The van der Waals surface area contributed by atoms with Gasteiger partial charge in [-0.05, 0) is 54.4 Å². The quantitative estimate of drug-likeness (QED) is 0.837. The van der Waals surface area contributed by atoms with Gasteiger partial charge in [-0.3, -0.25) is 4.90 Å². The highest BCUT2D eigenvalue weighted by molar-refractivity contribution is 9.10. The average molecular weight is 285 g/mol. The Kier molecular flexibility index (Phi) is 5.29. The Morgan fingerprint density at radius 2 is 2.06 bits per heavy atom. The molecule has 0 bridgehead atoms. The van der Waals surface area contributed by atoms with Gasteiger partial charge in [-0.25, -0.2) is 0 Å². The Labute approximate surface area is 107 Å². The Bertz CT molecular complexity index is 337. The molecule has 1 aromatic rings. The molecule has 0 saturated carbocycles. The van der Waals surface area contributed by atoms with E-state index in [0.717, 1.165) is 23.2 Å². The predicted molar refractivity (Wildman–Crippen MR) is 74.4 cm³/mol. The Morgan fingerprint density at radius 3 is 2.62 bits per heavy atom. The molecule has 0 saturated heterocycles. The van der Waals surface area contributed by atoms with Crippen LogP contribution in [-0.4, -0.2) is 17.5 Å². The van der Waals surface area contributed by atoms with Gasteiger partial charge in [0.05, 0.1) is 0 Å². The van der Waals surface area contributed by atoms with Gasteiger partial charge in [0, 0.05) is 22.7 Å². The zero-order valence-electron chi connectivity index (χ0n) is 10.3. The Morgan fingerprint density at radius 1 is 1.38 bits per heavy atom. The van der Waals surface area contributed by atoms with Crippen LogP contribution in [0, 0.1) is 0 Å². The molecule has 90 valence electrons. The van der Waals surface area contributed by atoms with Crippen molar-refractivity contribution in [3.8, 4) is 0 Å². The SMILES string of the molecule is CCCN(Cc1cccc(N)c1Br)C(C)C. The first-order chi connectivity index (χ1) is 7.56. The van der Waals surface area contributed by atoms with E-state index in [9.17, 15) is 0 Å². The van der Waals surface area contributed by atoms with Gasteiger partial charge in [-0.15, -0.1) is 0 Å². The summed E-state index contributed by atoms with van der Waals surface area (Å²) < 4.78 is 1.04. The van der Waals surface area contributed by atoms with Crippen molar-refractivity contribution in [2.45, 2.75) is 39.8 Å². The van der Waals surface area contributed by atoms with Crippen LogP contribution in [0.3, 0.4) is 0 Å². The first-order valence-electron chi connectivity index (χ1n) is 5.83. The second kappa shape index (κ2) is 6.26. The Hall–Kier alpha value is -0.540. The summed E-state index contributed by atoms with van der Waals surface area (Å²) in [5.41, 5.74) is 7.96. The van der Waals surface area contributed by atoms with E-state index < -0.39 is 0 Å². The number of nitrogen functional groups attached to an aromatic ring is 1. The molecule has 0 spiro atoms. The van der Waals surface area contributed by atoms with Gasteiger partial charge in [-0.2, -0.15) is 0 Å². The maximum Gasteiger partial charge on any atom is 0.0461 e. The standard InChI is InChI=1S/C13H21BrN2/c1-4-8-16(10(2)3)9-11-6-5-7-12(15)13(11)14/h5-7,10H,4,8-9,15H2,1-3H3. The van der Waals surface area contributed by atoms with Crippen molar-refractivity contribution in [2.24, 2.45) is 0 Å². The zero-order chi connectivity index (χ0) is 12.1. The third kappa shape index (κ3) is 3.49. The van der Waals surface area contributed by atoms with Crippen LogP contribution < -0.4 is 5.73 Å². The van der Waals surface area contributed by atoms with Crippen molar-refractivity contribution in [3.63, 3.8) is 0 Å². The number of anilines is 1. The Balaban J connectivity index is 2.81. The third-order valence-corrected chi connectivity index (χ3v) is 3.69. The van der Waals surface area contributed by atoms with Gasteiger partial charge in [0.2, 0.25) is 0 Å². The highest BCUT2D eigenvalue weighted by Crippen LogP contribution is 2.25. The van der Waals surface area contributed by atoms with E-state index in [4.69, 9.17) is 5.73 Å². The summed E-state index contributed by atoms with van der Waals surface area (Å²) in [6.45, 7) is 8.76. The number of benzene rings is 1. The molecule has 2 nitrogen and oxygen atoms in total. The van der Waals surface area contributed by atoms with Crippen LogP contribution in [0.15, 0.2) is 22.7 Å². The molecule has 0 aliphatic rings. The lowest BCUT2D eigenvalue weighted by Crippen LogP contribution is -2.31. The molecular weight excluding hydrogens is 264 g/mol. The minimum atomic E-state index is 0.563. The fourth-order valence-electron chi connectivity index (χ4n) is 1.75. The van der Waals surface area contributed by atoms with Gasteiger partial charge in [0.15, 0.2) is 0 Å². The van der Waals surface area contributed by atoms with Crippen LogP contribution in [0.5, 0.6) is 0 Å². The van der Waals surface area contributed by atoms with Gasteiger partial charge in [0.1, 0.15) is 0 Å². The lowest BCUT2D eigenvalue weighted by molar-refractivity contribution is 0.213. The number of rotatable bonds is 5. The molecule has 16 heavy (non-hydrogen) atoms. The fourth-order valence-corrected chi connectivity index (χ4v) is 2.14. The van der Waals surface area contributed by atoms with Gasteiger partial charge in [0.25, 0.3) is 0 Å². The second-order valence-electron chi connectivity index (χ2n) is 4.38. The smallest absolute Gasteiger partial charge is 0.0461 e. The number of hydrogen-bond donors (Lipinski definition) is 1. The maximum atomic E-state index is 5.88. The van der Waals surface area contributed by atoms with E-state index in [0.29, 0.717) is 6.04 Å². The van der Waals surface area contributed by atoms with E-state index in [1.807, 2.05) is 12.1 Å². The predicted octanol–water partition coefficient (Wildman–Crippen LogP) is 3.65. The molecule has 1 aromatic carbocycles. The van der Waals surface area contributed by atoms with Crippen molar-refractivity contribution >= 4 is 21.6 Å². The van der Waals surface area contributed by atoms with E-state index in [1.165, 1.54) is 12.0 Å². The molecule has 3 heteroatoms. The summed E-state index contributed by atoms with van der Waals surface area (Å²) in [4.78, 5) is 2.46. The van der Waals surface area contributed by atoms with Crippen molar-refractivity contribution in [3.05, 3.63) is 28.2 Å². The van der Waals surface area contributed by atoms with Crippen LogP contribution in [-0.2, 0) is 6.54 Å². The lowest BCUT2D eigenvalue weighted by Gasteiger charge is -2.26. The topological polar surface area (TPSA) is 29.3 Å². The van der Waals surface area contributed by atoms with E-state index >= 15 is 0 Å². The van der Waals surface area contributed by atoms with Crippen molar-refractivity contribution < 1.29 is 0 Å². The molecular formula is C13H21BrN2. The molecule has 1 rings (SSSR count). The molecule has 0 unspecified atom stereocenters. The summed E-state index contributed by atoms with van der Waals surface area (Å²) in [6, 6.07) is 6.63. The minimum absolute atomic E-state index is 0.563. The molecule has 2 N–H and O–H groups in total. The molecule has 0 fully saturated rings. The van der Waals surface area contributed by atoms with Gasteiger partial charge < -0.3 is 5.73 Å². The molecule has 0 aromatic heterocycles.